The second-order valence-corrected chi connectivity index (χ2v) is 7.14. The quantitative estimate of drug-likeness (QED) is 0.621. The summed E-state index contributed by atoms with van der Waals surface area (Å²) in [6, 6.07) is 0.949. The number of aryl methyl sites for hydroxylation is 2. The van der Waals surface area contributed by atoms with Crippen LogP contribution in [0.2, 0.25) is 0 Å². The van der Waals surface area contributed by atoms with E-state index in [-0.39, 0.29) is 0 Å². The fourth-order valence-corrected chi connectivity index (χ4v) is 3.94. The van der Waals surface area contributed by atoms with Gasteiger partial charge in [-0.05, 0) is 46.2 Å². The number of hydrogen-bond donors (Lipinski definition) is 2. The molecule has 0 aliphatic carbocycles. The van der Waals surface area contributed by atoms with Crippen LogP contribution in [0.25, 0.3) is 0 Å². The number of nitrogens with zero attached hydrogens (tertiary/aromatic N) is 5. The minimum atomic E-state index is 0.361. The van der Waals surface area contributed by atoms with E-state index in [9.17, 15) is 0 Å². The average Bonchev–Trinajstić information content (AvgIpc) is 2.99. The standard InChI is InChI=1S/C18H33N7/c1-4-19-18(20-12-16-8-6-7-11-24(16)5-2)22-15-9-10-17-21-14(3)23-25(17)13-15/h15-16H,4-13H2,1-3H3,(H2,19,20,22). The van der Waals surface area contributed by atoms with Gasteiger partial charge in [0.15, 0.2) is 5.96 Å². The number of guanidine groups is 1. The Bertz CT molecular complexity index is 580. The van der Waals surface area contributed by atoms with E-state index in [1.807, 2.05) is 11.6 Å². The number of aromatic nitrogens is 3. The van der Waals surface area contributed by atoms with Gasteiger partial charge in [-0.15, -0.1) is 0 Å². The van der Waals surface area contributed by atoms with E-state index in [4.69, 9.17) is 4.99 Å². The maximum atomic E-state index is 4.90. The van der Waals surface area contributed by atoms with Crippen molar-refractivity contribution in [3.63, 3.8) is 0 Å². The highest BCUT2D eigenvalue weighted by atomic mass is 15.4. The Balaban J connectivity index is 1.59. The molecule has 0 amide bonds. The lowest BCUT2D eigenvalue weighted by atomic mass is 10.0. The Morgan fingerprint density at radius 3 is 2.96 bits per heavy atom. The smallest absolute Gasteiger partial charge is 0.191 e. The van der Waals surface area contributed by atoms with Crippen LogP contribution in [-0.4, -0.2) is 63.9 Å². The van der Waals surface area contributed by atoms with Crippen molar-refractivity contribution in [1.82, 2.24) is 30.3 Å². The third-order valence-corrected chi connectivity index (χ3v) is 5.26. The van der Waals surface area contributed by atoms with E-state index in [2.05, 4.69) is 39.5 Å². The molecule has 1 saturated heterocycles. The molecule has 0 saturated carbocycles. The van der Waals surface area contributed by atoms with Crippen LogP contribution in [0.4, 0.5) is 0 Å². The molecule has 1 aromatic rings. The lowest BCUT2D eigenvalue weighted by molar-refractivity contribution is 0.161. The molecule has 3 rings (SSSR count). The normalized spacial score (nSPS) is 24.8. The van der Waals surface area contributed by atoms with Crippen LogP contribution in [0.5, 0.6) is 0 Å². The van der Waals surface area contributed by atoms with Gasteiger partial charge in [-0.25, -0.2) is 9.67 Å². The molecule has 0 aromatic carbocycles. The summed E-state index contributed by atoms with van der Waals surface area (Å²) in [6.45, 7) is 11.3. The van der Waals surface area contributed by atoms with Crippen LogP contribution in [0.1, 0.15) is 51.2 Å². The van der Waals surface area contributed by atoms with Crippen molar-refractivity contribution in [2.24, 2.45) is 4.99 Å². The first-order chi connectivity index (χ1) is 12.2. The van der Waals surface area contributed by atoms with E-state index in [0.29, 0.717) is 12.1 Å². The summed E-state index contributed by atoms with van der Waals surface area (Å²) in [5, 5.41) is 11.5. The van der Waals surface area contributed by atoms with Gasteiger partial charge < -0.3 is 10.6 Å². The maximum absolute atomic E-state index is 4.90. The first-order valence-electron chi connectivity index (χ1n) is 9.88. The monoisotopic (exact) mass is 347 g/mol. The van der Waals surface area contributed by atoms with E-state index < -0.39 is 0 Å². The molecule has 2 atom stereocenters. The summed E-state index contributed by atoms with van der Waals surface area (Å²) in [5.74, 6) is 2.92. The van der Waals surface area contributed by atoms with E-state index in [1.54, 1.807) is 0 Å². The van der Waals surface area contributed by atoms with Gasteiger partial charge >= 0.3 is 0 Å². The van der Waals surface area contributed by atoms with Gasteiger partial charge in [0, 0.05) is 25.0 Å². The zero-order valence-electron chi connectivity index (χ0n) is 16.0. The van der Waals surface area contributed by atoms with Crippen LogP contribution in [-0.2, 0) is 13.0 Å². The number of likely N-dealkylation sites (N-methyl/N-ethyl adjacent to an activating group) is 1. The predicted molar refractivity (Wildman–Crippen MR) is 101 cm³/mol. The third-order valence-electron chi connectivity index (χ3n) is 5.26. The van der Waals surface area contributed by atoms with Crippen molar-refractivity contribution in [2.45, 2.75) is 71.5 Å². The number of likely N-dealkylation sites (tertiary alicyclic amines) is 1. The molecule has 2 aliphatic heterocycles. The van der Waals surface area contributed by atoms with Gasteiger partial charge in [0.1, 0.15) is 11.6 Å². The molecule has 7 nitrogen and oxygen atoms in total. The van der Waals surface area contributed by atoms with Gasteiger partial charge in [0.2, 0.25) is 0 Å². The lowest BCUT2D eigenvalue weighted by Crippen LogP contribution is -2.48. The van der Waals surface area contributed by atoms with E-state index in [0.717, 1.165) is 56.6 Å². The molecular formula is C18H33N7. The van der Waals surface area contributed by atoms with Crippen LogP contribution in [0, 0.1) is 6.92 Å². The van der Waals surface area contributed by atoms with Crippen LogP contribution in [0.15, 0.2) is 4.99 Å². The predicted octanol–water partition coefficient (Wildman–Crippen LogP) is 1.33. The molecule has 7 heteroatoms. The van der Waals surface area contributed by atoms with Gasteiger partial charge in [0.05, 0.1) is 13.1 Å². The third kappa shape index (κ3) is 4.71. The highest BCUT2D eigenvalue weighted by Gasteiger charge is 2.23. The summed E-state index contributed by atoms with van der Waals surface area (Å²) < 4.78 is 2.04. The molecule has 2 N–H and O–H groups in total. The lowest BCUT2D eigenvalue weighted by Gasteiger charge is -2.34. The summed E-state index contributed by atoms with van der Waals surface area (Å²) >= 11 is 0. The van der Waals surface area contributed by atoms with Crippen LogP contribution >= 0.6 is 0 Å². The second-order valence-electron chi connectivity index (χ2n) is 7.14. The molecule has 2 unspecified atom stereocenters. The SMILES string of the molecule is CCNC(=NCC1CCCCN1CC)NC1CCc2nc(C)nn2C1. The molecule has 0 spiro atoms. The first kappa shape index (κ1) is 18.2. The molecule has 2 aliphatic rings. The molecule has 0 radical (unpaired) electrons. The topological polar surface area (TPSA) is 70.4 Å². The summed E-state index contributed by atoms with van der Waals surface area (Å²) in [5.41, 5.74) is 0. The Kier molecular flexibility index (Phi) is 6.29. The molecule has 3 heterocycles. The molecule has 25 heavy (non-hydrogen) atoms. The largest absolute Gasteiger partial charge is 0.357 e. The van der Waals surface area contributed by atoms with Crippen molar-refractivity contribution in [2.75, 3.05) is 26.2 Å². The Morgan fingerprint density at radius 2 is 2.16 bits per heavy atom. The zero-order chi connectivity index (χ0) is 17.6. The van der Waals surface area contributed by atoms with Crippen molar-refractivity contribution < 1.29 is 0 Å². The number of fused-ring (bicyclic) bond motifs is 1. The highest BCUT2D eigenvalue weighted by Crippen LogP contribution is 2.17. The zero-order valence-corrected chi connectivity index (χ0v) is 16.0. The summed E-state index contributed by atoms with van der Waals surface area (Å²) in [6.07, 6.45) is 5.98. The average molecular weight is 348 g/mol. The highest BCUT2D eigenvalue weighted by molar-refractivity contribution is 5.80. The van der Waals surface area contributed by atoms with Gasteiger partial charge in [-0.2, -0.15) is 5.10 Å². The van der Waals surface area contributed by atoms with E-state index >= 15 is 0 Å². The van der Waals surface area contributed by atoms with Gasteiger partial charge in [0.25, 0.3) is 0 Å². The first-order valence-corrected chi connectivity index (χ1v) is 9.88. The van der Waals surface area contributed by atoms with Crippen LogP contribution in [0.3, 0.4) is 0 Å². The van der Waals surface area contributed by atoms with Gasteiger partial charge in [-0.1, -0.05) is 13.3 Å². The van der Waals surface area contributed by atoms with Crippen molar-refractivity contribution in [1.29, 1.82) is 0 Å². The minimum absolute atomic E-state index is 0.361. The van der Waals surface area contributed by atoms with E-state index in [1.165, 1.54) is 25.8 Å². The number of nitrogens with one attached hydrogen (secondary N) is 2. The number of aliphatic imine (C=N–C) groups is 1. The number of hydrogen-bond acceptors (Lipinski definition) is 4. The van der Waals surface area contributed by atoms with Crippen molar-refractivity contribution in [3.8, 4) is 0 Å². The van der Waals surface area contributed by atoms with Gasteiger partial charge in [-0.3, -0.25) is 9.89 Å². The molecule has 1 aromatic heterocycles. The van der Waals surface area contributed by atoms with Crippen molar-refractivity contribution >= 4 is 5.96 Å². The van der Waals surface area contributed by atoms with Crippen molar-refractivity contribution in [3.05, 3.63) is 11.6 Å². The Hall–Kier alpha value is -1.63. The Morgan fingerprint density at radius 1 is 1.28 bits per heavy atom. The second kappa shape index (κ2) is 8.65. The molecule has 1 fully saturated rings. The van der Waals surface area contributed by atoms with Crippen LogP contribution < -0.4 is 10.6 Å². The molecular weight excluding hydrogens is 314 g/mol. The fraction of sp³-hybridized carbons (Fsp3) is 0.833. The molecule has 0 bridgehead atoms. The number of rotatable bonds is 5. The minimum Gasteiger partial charge on any atom is -0.357 e. The fourth-order valence-electron chi connectivity index (χ4n) is 3.94. The molecule has 140 valence electrons. The summed E-state index contributed by atoms with van der Waals surface area (Å²) in [7, 11) is 0. The maximum Gasteiger partial charge on any atom is 0.191 e. The summed E-state index contributed by atoms with van der Waals surface area (Å²) in [4.78, 5) is 12.0. The number of piperidine rings is 1. The Labute approximate surface area is 151 Å².